The Kier molecular flexibility index (Phi) is 11.6. The fourth-order valence-electron chi connectivity index (χ4n) is 5.62. The van der Waals surface area contributed by atoms with Gasteiger partial charge in [0.05, 0.1) is 28.8 Å². The van der Waals surface area contributed by atoms with Crippen LogP contribution in [0.4, 0.5) is 4.79 Å². The fraction of sp³-hybridized carbons (Fsp3) is 0.483. The average molecular weight is 659 g/mol. The molecule has 0 aromatic heterocycles. The molecule has 13 heteroatoms. The third kappa shape index (κ3) is 8.21. The van der Waals surface area contributed by atoms with Crippen molar-refractivity contribution >= 4 is 64.1 Å². The summed E-state index contributed by atoms with van der Waals surface area (Å²) in [6.07, 6.45) is 3.10. The molecule has 2 saturated heterocycles. The van der Waals surface area contributed by atoms with Crippen LogP contribution in [0.15, 0.2) is 41.6 Å². The van der Waals surface area contributed by atoms with Gasteiger partial charge in [-0.05, 0) is 68.1 Å². The number of carbonyl (C=O) groups is 2. The SMILES string of the molecule is CO/N=C(\CN(C)C(=O)c1cc(Cl)cc(Cl)c1)[C@H](CCN1CCC(N2CCCN(O)C2=O)CC1)c1ccc(Cl)c(Cl)c1. The minimum atomic E-state index is -0.307. The zero-order chi connectivity index (χ0) is 30.4. The topological polar surface area (TPSA) is 88.9 Å². The molecule has 2 heterocycles. The number of halogens is 4. The average Bonchev–Trinajstić information content (AvgIpc) is 2.96. The second-order valence-corrected chi connectivity index (χ2v) is 12.3. The van der Waals surface area contributed by atoms with Gasteiger partial charge in [-0.1, -0.05) is 57.6 Å². The maximum absolute atomic E-state index is 13.3. The van der Waals surface area contributed by atoms with Gasteiger partial charge in [-0.15, -0.1) is 0 Å². The molecule has 4 rings (SSSR count). The highest BCUT2D eigenvalue weighted by molar-refractivity contribution is 6.42. The maximum atomic E-state index is 13.3. The number of rotatable bonds is 10. The summed E-state index contributed by atoms with van der Waals surface area (Å²) in [6.45, 7) is 3.63. The number of piperidine rings is 1. The molecule has 0 saturated carbocycles. The van der Waals surface area contributed by atoms with Crippen molar-refractivity contribution in [3.8, 4) is 0 Å². The molecule has 2 aliphatic heterocycles. The van der Waals surface area contributed by atoms with Crippen LogP contribution in [0, 0.1) is 0 Å². The number of urea groups is 1. The molecular formula is C29H35Cl4N5O4. The van der Waals surface area contributed by atoms with Crippen LogP contribution in [0.5, 0.6) is 0 Å². The number of amides is 3. The van der Waals surface area contributed by atoms with E-state index in [1.807, 2.05) is 12.1 Å². The second-order valence-electron chi connectivity index (χ2n) is 10.6. The Morgan fingerprint density at radius 1 is 1.05 bits per heavy atom. The van der Waals surface area contributed by atoms with E-state index in [0.29, 0.717) is 50.9 Å². The Morgan fingerprint density at radius 3 is 2.38 bits per heavy atom. The van der Waals surface area contributed by atoms with E-state index in [0.717, 1.165) is 49.5 Å². The van der Waals surface area contributed by atoms with Gasteiger partial charge < -0.3 is 19.5 Å². The standard InChI is InChI=1S/C29H35Cl4N5O4/c1-35(28(39)20-14-21(30)17-22(31)15-20)18-27(34-42-2)24(19-4-5-25(32)26(33)16-19)8-13-36-11-6-23(7-12-36)37-9-3-10-38(41)29(37)40/h4-5,14-17,23-24,41H,3,6-13,18H2,1-2H3/b34-27+/t24-/m1/s1. The number of carbonyl (C=O) groups excluding carboxylic acids is 2. The lowest BCUT2D eigenvalue weighted by Gasteiger charge is -2.41. The zero-order valence-corrected chi connectivity index (χ0v) is 26.6. The van der Waals surface area contributed by atoms with Crippen LogP contribution in [0.3, 0.4) is 0 Å². The number of nitrogens with zero attached hydrogens (tertiary/aromatic N) is 5. The summed E-state index contributed by atoms with van der Waals surface area (Å²) < 4.78 is 0. The molecule has 9 nitrogen and oxygen atoms in total. The van der Waals surface area contributed by atoms with E-state index in [4.69, 9.17) is 51.2 Å². The van der Waals surface area contributed by atoms with Crippen LogP contribution < -0.4 is 0 Å². The first kappa shape index (κ1) is 32.6. The minimum absolute atomic E-state index is 0.111. The number of benzene rings is 2. The molecular weight excluding hydrogens is 624 g/mol. The molecule has 228 valence electrons. The fourth-order valence-corrected chi connectivity index (χ4v) is 6.46. The van der Waals surface area contributed by atoms with E-state index in [1.165, 1.54) is 7.11 Å². The lowest BCUT2D eigenvalue weighted by molar-refractivity contribution is -0.0794. The number of hydrogen-bond acceptors (Lipinski definition) is 6. The molecule has 42 heavy (non-hydrogen) atoms. The van der Waals surface area contributed by atoms with E-state index in [2.05, 4.69) is 10.1 Å². The molecule has 1 N–H and O–H groups in total. The summed E-state index contributed by atoms with van der Waals surface area (Å²) in [7, 11) is 3.17. The molecule has 0 aliphatic carbocycles. The highest BCUT2D eigenvalue weighted by atomic mass is 35.5. The monoisotopic (exact) mass is 657 g/mol. The van der Waals surface area contributed by atoms with Crippen LogP contribution in [0.25, 0.3) is 0 Å². The molecule has 2 aromatic rings. The maximum Gasteiger partial charge on any atom is 0.343 e. The van der Waals surface area contributed by atoms with E-state index in [9.17, 15) is 14.8 Å². The van der Waals surface area contributed by atoms with E-state index in [-0.39, 0.29) is 30.4 Å². The summed E-state index contributed by atoms with van der Waals surface area (Å²) >= 11 is 24.9. The van der Waals surface area contributed by atoms with E-state index < -0.39 is 0 Å². The summed E-state index contributed by atoms with van der Waals surface area (Å²) in [6, 6.07) is 10.0. The van der Waals surface area contributed by atoms with Crippen molar-refractivity contribution in [3.63, 3.8) is 0 Å². The van der Waals surface area contributed by atoms with Crippen molar-refractivity contribution in [2.75, 3.05) is 53.4 Å². The summed E-state index contributed by atoms with van der Waals surface area (Å²) in [5.41, 5.74) is 1.93. The van der Waals surface area contributed by atoms with Crippen molar-refractivity contribution in [2.24, 2.45) is 5.16 Å². The quantitative estimate of drug-likeness (QED) is 0.178. The lowest BCUT2D eigenvalue weighted by Crippen LogP contribution is -2.54. The summed E-state index contributed by atoms with van der Waals surface area (Å²) in [5.74, 6) is -0.478. The van der Waals surface area contributed by atoms with Gasteiger partial charge in [0.1, 0.15) is 7.11 Å². The minimum Gasteiger partial charge on any atom is -0.399 e. The van der Waals surface area contributed by atoms with Gasteiger partial charge in [-0.2, -0.15) is 0 Å². The van der Waals surface area contributed by atoms with E-state index in [1.54, 1.807) is 41.1 Å². The number of hydroxylamine groups is 2. The molecule has 2 aromatic carbocycles. The van der Waals surface area contributed by atoms with Crippen LogP contribution in [0.2, 0.25) is 20.1 Å². The van der Waals surface area contributed by atoms with Crippen LogP contribution >= 0.6 is 46.4 Å². The molecule has 3 amide bonds. The highest BCUT2D eigenvalue weighted by Crippen LogP contribution is 2.31. The van der Waals surface area contributed by atoms with Gasteiger partial charge in [-0.3, -0.25) is 10.0 Å². The first-order chi connectivity index (χ1) is 20.1. The van der Waals surface area contributed by atoms with Gasteiger partial charge in [0.15, 0.2) is 0 Å². The molecule has 2 fully saturated rings. The molecule has 1 atom stereocenters. The number of hydrogen-bond donors (Lipinski definition) is 1. The van der Waals surface area contributed by atoms with Gasteiger partial charge in [-0.25, -0.2) is 9.86 Å². The first-order valence-corrected chi connectivity index (χ1v) is 15.3. The van der Waals surface area contributed by atoms with E-state index >= 15 is 0 Å². The normalized spacial score (nSPS) is 17.9. The predicted molar refractivity (Wildman–Crippen MR) is 166 cm³/mol. The van der Waals surface area contributed by atoms with Gasteiger partial charge in [0, 0.05) is 54.3 Å². The lowest BCUT2D eigenvalue weighted by atomic mass is 9.89. The molecule has 0 unspecified atom stereocenters. The predicted octanol–water partition coefficient (Wildman–Crippen LogP) is 6.53. The van der Waals surface area contributed by atoms with Crippen molar-refractivity contribution in [1.82, 2.24) is 19.8 Å². The van der Waals surface area contributed by atoms with Gasteiger partial charge in [0.25, 0.3) is 5.91 Å². The summed E-state index contributed by atoms with van der Waals surface area (Å²) in [4.78, 5) is 36.7. The Morgan fingerprint density at radius 2 is 1.74 bits per heavy atom. The van der Waals surface area contributed by atoms with Gasteiger partial charge in [0.2, 0.25) is 0 Å². The number of likely N-dealkylation sites (tertiary alicyclic amines) is 1. The van der Waals surface area contributed by atoms with Crippen molar-refractivity contribution in [2.45, 2.75) is 37.6 Å². The Labute approximate surface area is 266 Å². The summed E-state index contributed by atoms with van der Waals surface area (Å²) in [5, 5.41) is 16.7. The Bertz CT molecular complexity index is 1280. The molecule has 0 radical (unpaired) electrons. The highest BCUT2D eigenvalue weighted by Gasteiger charge is 2.33. The van der Waals surface area contributed by atoms with Gasteiger partial charge >= 0.3 is 6.03 Å². The Hall–Kier alpha value is -2.27. The number of oxime groups is 1. The van der Waals surface area contributed by atoms with Crippen molar-refractivity contribution < 1.29 is 19.6 Å². The molecule has 2 aliphatic rings. The first-order valence-electron chi connectivity index (χ1n) is 13.8. The Balaban J connectivity index is 1.48. The van der Waals surface area contributed by atoms with Crippen LogP contribution in [-0.4, -0.2) is 102 Å². The largest absolute Gasteiger partial charge is 0.399 e. The van der Waals surface area contributed by atoms with Crippen LogP contribution in [-0.2, 0) is 4.84 Å². The van der Waals surface area contributed by atoms with Crippen molar-refractivity contribution in [1.29, 1.82) is 0 Å². The molecule has 0 spiro atoms. The smallest absolute Gasteiger partial charge is 0.343 e. The van der Waals surface area contributed by atoms with Crippen molar-refractivity contribution in [3.05, 3.63) is 67.6 Å². The zero-order valence-electron chi connectivity index (χ0n) is 23.6. The third-order valence-corrected chi connectivity index (χ3v) is 8.95. The van der Waals surface area contributed by atoms with Crippen LogP contribution in [0.1, 0.15) is 47.5 Å². The third-order valence-electron chi connectivity index (χ3n) is 7.78. The molecule has 0 bridgehead atoms. The second kappa shape index (κ2) is 14.9.